The number of benzene rings is 1. The summed E-state index contributed by atoms with van der Waals surface area (Å²) in [5, 5.41) is 0.971. The minimum Gasteiger partial charge on any atom is -0.343 e. The molecule has 0 aliphatic rings. The highest BCUT2D eigenvalue weighted by atomic mass is 19.4. The van der Waals surface area contributed by atoms with Crippen LogP contribution in [-0.2, 0) is 0 Å². The largest absolute Gasteiger partial charge is 0.455 e. The van der Waals surface area contributed by atoms with Crippen LogP contribution in [0.25, 0.3) is 16.7 Å². The van der Waals surface area contributed by atoms with Gasteiger partial charge < -0.3 is 5.32 Å². The number of aromatic nitrogens is 2. The van der Waals surface area contributed by atoms with E-state index in [1.807, 2.05) is 0 Å². The normalized spacial score (nSPS) is 13.3. The molecular formula is C19H11F8N3O2. The number of carbonyl (C=O) groups excluding carboxylic acids is 1. The van der Waals surface area contributed by atoms with E-state index in [4.69, 9.17) is 0 Å². The van der Waals surface area contributed by atoms with Gasteiger partial charge in [-0.15, -0.1) is 0 Å². The van der Waals surface area contributed by atoms with Gasteiger partial charge in [-0.1, -0.05) is 0 Å². The Morgan fingerprint density at radius 1 is 1.09 bits per heavy atom. The molecule has 5 nitrogen and oxygen atoms in total. The van der Waals surface area contributed by atoms with Gasteiger partial charge in [0.1, 0.15) is 22.7 Å². The number of hydrogen-bond donors (Lipinski definition) is 1. The summed E-state index contributed by atoms with van der Waals surface area (Å²) in [6.45, 7) is 0.367. The number of halogens is 8. The summed E-state index contributed by atoms with van der Waals surface area (Å²) in [5.74, 6) is -11.2. The number of rotatable bonds is 4. The second-order valence-corrected chi connectivity index (χ2v) is 6.65. The summed E-state index contributed by atoms with van der Waals surface area (Å²) in [6.07, 6.45) is -4.35. The third-order valence-corrected chi connectivity index (χ3v) is 4.50. The molecule has 3 rings (SSSR count). The molecule has 1 atom stereocenters. The molecule has 170 valence electrons. The van der Waals surface area contributed by atoms with Crippen LogP contribution < -0.4 is 10.7 Å². The van der Waals surface area contributed by atoms with Crippen LogP contribution in [0.3, 0.4) is 0 Å². The van der Waals surface area contributed by atoms with Crippen LogP contribution in [0.15, 0.2) is 41.5 Å². The molecule has 0 bridgehead atoms. The van der Waals surface area contributed by atoms with Gasteiger partial charge in [0.25, 0.3) is 5.91 Å². The predicted molar refractivity (Wildman–Crippen MR) is 95.1 cm³/mol. The third-order valence-electron chi connectivity index (χ3n) is 4.50. The fraction of sp³-hybridized carbons (Fsp3) is 0.211. The minimum absolute atomic E-state index is 0.303. The average molecular weight is 465 g/mol. The van der Waals surface area contributed by atoms with Crippen LogP contribution in [0.2, 0.25) is 0 Å². The summed E-state index contributed by atoms with van der Waals surface area (Å²) in [5.41, 5.74) is -3.49. The minimum atomic E-state index is -5.99. The molecule has 32 heavy (non-hydrogen) atoms. The smallest absolute Gasteiger partial charge is 0.343 e. The zero-order chi connectivity index (χ0) is 24.0. The van der Waals surface area contributed by atoms with Crippen molar-refractivity contribution in [3.63, 3.8) is 0 Å². The number of amides is 1. The van der Waals surface area contributed by atoms with Crippen molar-refractivity contribution in [3.8, 4) is 5.69 Å². The van der Waals surface area contributed by atoms with E-state index in [-0.39, 0.29) is 5.65 Å². The molecular weight excluding hydrogens is 454 g/mol. The predicted octanol–water partition coefficient (Wildman–Crippen LogP) is 4.12. The van der Waals surface area contributed by atoms with E-state index in [1.165, 1.54) is 11.4 Å². The van der Waals surface area contributed by atoms with Gasteiger partial charge in [0.05, 0.1) is 11.4 Å². The second kappa shape index (κ2) is 7.88. The first kappa shape index (κ1) is 23.2. The van der Waals surface area contributed by atoms with E-state index in [1.54, 1.807) is 0 Å². The van der Waals surface area contributed by atoms with Crippen LogP contribution in [0.5, 0.6) is 0 Å². The molecule has 0 saturated heterocycles. The molecule has 0 radical (unpaired) electrons. The number of pyridine rings is 2. The maximum absolute atomic E-state index is 14.3. The van der Waals surface area contributed by atoms with E-state index in [9.17, 15) is 44.7 Å². The van der Waals surface area contributed by atoms with Crippen LogP contribution in [0.4, 0.5) is 35.1 Å². The Morgan fingerprint density at radius 2 is 1.69 bits per heavy atom. The standard InChI is InChI=1S/C19H11F8N3O2/c1-8(18(23,24)19(25,26)27)29-17(32)11-7-30(14-12(21)5-9(20)6-13(14)22)16-10(15(11)31)3-2-4-28-16/h2-8H,1H3,(H,29,32). The topological polar surface area (TPSA) is 64.0 Å². The third kappa shape index (κ3) is 3.89. The number of carbonyl (C=O) groups is 1. The van der Waals surface area contributed by atoms with Gasteiger partial charge in [-0.3, -0.25) is 14.2 Å². The molecule has 2 aromatic heterocycles. The maximum Gasteiger partial charge on any atom is 0.455 e. The zero-order valence-corrected chi connectivity index (χ0v) is 15.8. The molecule has 0 aliphatic heterocycles. The molecule has 0 saturated carbocycles. The lowest BCUT2D eigenvalue weighted by molar-refractivity contribution is -0.290. The van der Waals surface area contributed by atoms with E-state index < -0.39 is 63.6 Å². The summed E-state index contributed by atoms with van der Waals surface area (Å²) >= 11 is 0. The first-order valence-electron chi connectivity index (χ1n) is 8.66. The van der Waals surface area contributed by atoms with Crippen molar-refractivity contribution in [3.05, 3.63) is 69.9 Å². The lowest BCUT2D eigenvalue weighted by Gasteiger charge is -2.26. The lowest BCUT2D eigenvalue weighted by atomic mass is 10.1. The summed E-state index contributed by atoms with van der Waals surface area (Å²) < 4.78 is 107. The molecule has 0 aliphatic carbocycles. The maximum atomic E-state index is 14.3. The SMILES string of the molecule is CC(NC(=O)c1cn(-c2c(F)cc(F)cc2F)c2ncccc2c1=O)C(F)(F)C(F)(F)F. The van der Waals surface area contributed by atoms with E-state index in [0.29, 0.717) is 29.8 Å². The fourth-order valence-electron chi connectivity index (χ4n) is 2.87. The first-order valence-corrected chi connectivity index (χ1v) is 8.66. The Kier molecular flexibility index (Phi) is 5.70. The van der Waals surface area contributed by atoms with Crippen LogP contribution in [-0.4, -0.2) is 33.6 Å². The van der Waals surface area contributed by atoms with Gasteiger partial charge in [-0.25, -0.2) is 18.2 Å². The van der Waals surface area contributed by atoms with E-state index >= 15 is 0 Å². The van der Waals surface area contributed by atoms with Crippen molar-refractivity contribution in [1.82, 2.24) is 14.9 Å². The highest BCUT2D eigenvalue weighted by Gasteiger charge is 2.61. The van der Waals surface area contributed by atoms with Crippen molar-refractivity contribution in [2.45, 2.75) is 25.1 Å². The molecule has 1 N–H and O–H groups in total. The summed E-state index contributed by atoms with van der Waals surface area (Å²) in [6, 6.07) is 0.124. The number of alkyl halides is 5. The van der Waals surface area contributed by atoms with Crippen molar-refractivity contribution in [2.24, 2.45) is 0 Å². The highest BCUT2D eigenvalue weighted by Crippen LogP contribution is 2.38. The van der Waals surface area contributed by atoms with Crippen molar-refractivity contribution < 1.29 is 39.9 Å². The highest BCUT2D eigenvalue weighted by molar-refractivity contribution is 5.97. The molecule has 3 aromatic rings. The first-order chi connectivity index (χ1) is 14.8. The number of hydrogen-bond acceptors (Lipinski definition) is 3. The Hall–Kier alpha value is -3.51. The van der Waals surface area contributed by atoms with Crippen molar-refractivity contribution >= 4 is 16.9 Å². The Morgan fingerprint density at radius 3 is 2.25 bits per heavy atom. The Bertz CT molecular complexity index is 1250. The van der Waals surface area contributed by atoms with Gasteiger partial charge in [-0.2, -0.15) is 22.0 Å². The van der Waals surface area contributed by atoms with Crippen molar-refractivity contribution in [2.75, 3.05) is 0 Å². The molecule has 1 amide bonds. The van der Waals surface area contributed by atoms with Crippen molar-refractivity contribution in [1.29, 1.82) is 0 Å². The zero-order valence-electron chi connectivity index (χ0n) is 15.8. The molecule has 1 aromatic carbocycles. The Labute approximate surface area is 173 Å². The lowest BCUT2D eigenvalue weighted by Crippen LogP contribution is -2.54. The monoisotopic (exact) mass is 465 g/mol. The summed E-state index contributed by atoms with van der Waals surface area (Å²) in [7, 11) is 0. The van der Waals surface area contributed by atoms with Gasteiger partial charge >= 0.3 is 12.1 Å². The number of fused-ring (bicyclic) bond motifs is 1. The molecule has 13 heteroatoms. The molecule has 0 fully saturated rings. The van der Waals surface area contributed by atoms with Gasteiger partial charge in [0.2, 0.25) is 5.43 Å². The average Bonchev–Trinajstić information content (AvgIpc) is 2.68. The number of nitrogens with zero attached hydrogens (tertiary/aromatic N) is 2. The quantitative estimate of drug-likeness (QED) is 0.590. The van der Waals surface area contributed by atoms with Gasteiger partial charge in [0, 0.05) is 24.5 Å². The summed E-state index contributed by atoms with van der Waals surface area (Å²) in [4.78, 5) is 28.8. The molecule has 2 heterocycles. The van der Waals surface area contributed by atoms with Gasteiger partial charge in [-0.05, 0) is 19.1 Å². The molecule has 0 spiro atoms. The van der Waals surface area contributed by atoms with Crippen LogP contribution >= 0.6 is 0 Å². The number of nitrogens with one attached hydrogen (secondary N) is 1. The second-order valence-electron chi connectivity index (χ2n) is 6.65. The van der Waals surface area contributed by atoms with E-state index in [0.717, 1.165) is 12.3 Å². The van der Waals surface area contributed by atoms with Gasteiger partial charge in [0.15, 0.2) is 11.6 Å². The van der Waals surface area contributed by atoms with Crippen LogP contribution in [0.1, 0.15) is 17.3 Å². The molecule has 1 unspecified atom stereocenters. The fourth-order valence-corrected chi connectivity index (χ4v) is 2.87. The van der Waals surface area contributed by atoms with E-state index in [2.05, 4.69) is 4.98 Å². The Balaban J connectivity index is 2.19. The van der Waals surface area contributed by atoms with Crippen LogP contribution in [0, 0.1) is 17.5 Å².